The molecule has 48 heavy (non-hydrogen) atoms. The minimum Gasteiger partial charge on any atom is -0.461 e. The smallest absolute Gasteiger partial charge is 0.417 e. The summed E-state index contributed by atoms with van der Waals surface area (Å²) >= 11 is 0.691. The molecule has 2 aromatic heterocycles. The number of nitriles is 1. The van der Waals surface area contributed by atoms with Crippen molar-refractivity contribution in [3.05, 3.63) is 41.0 Å². The fourth-order valence-corrected chi connectivity index (χ4v) is 9.46. The first-order chi connectivity index (χ1) is 22.9. The second kappa shape index (κ2) is 11.1. The number of nitrogens with zero attached hydrogens (tertiary/aromatic N) is 5. The van der Waals surface area contributed by atoms with Gasteiger partial charge in [0.2, 0.25) is 0 Å². The van der Waals surface area contributed by atoms with Crippen LogP contribution in [0.25, 0.3) is 32.1 Å². The summed E-state index contributed by atoms with van der Waals surface area (Å²) in [4.78, 5) is 12.6. The molecule has 4 aliphatic rings. The average Bonchev–Trinajstić information content (AvgIpc) is 3.72. The molecule has 15 heteroatoms. The number of aliphatic hydroxyl groups is 1. The van der Waals surface area contributed by atoms with E-state index in [0.717, 1.165) is 37.5 Å². The molecule has 0 spiro atoms. The number of piperidine rings is 1. The lowest BCUT2D eigenvalue weighted by atomic mass is 9.92. The van der Waals surface area contributed by atoms with E-state index in [9.17, 15) is 32.3 Å². The Morgan fingerprint density at radius 1 is 1.15 bits per heavy atom. The zero-order valence-electron chi connectivity index (χ0n) is 25.5. The van der Waals surface area contributed by atoms with Gasteiger partial charge in [0.1, 0.15) is 41.0 Å². The van der Waals surface area contributed by atoms with Crippen LogP contribution in [0.4, 0.5) is 37.2 Å². The lowest BCUT2D eigenvalue weighted by Crippen LogP contribution is -2.45. The molecule has 8 nitrogen and oxygen atoms in total. The van der Waals surface area contributed by atoms with E-state index in [1.807, 2.05) is 11.0 Å². The van der Waals surface area contributed by atoms with Gasteiger partial charge in [-0.05, 0) is 49.9 Å². The topological polar surface area (TPSA) is 112 Å². The van der Waals surface area contributed by atoms with E-state index in [1.54, 1.807) is 4.90 Å². The summed E-state index contributed by atoms with van der Waals surface area (Å²) in [5.74, 6) is -2.41. The quantitative estimate of drug-likeness (QED) is 0.231. The maximum atomic E-state index is 17.0. The van der Waals surface area contributed by atoms with Gasteiger partial charge < -0.3 is 20.5 Å². The van der Waals surface area contributed by atoms with Crippen LogP contribution in [0, 0.1) is 34.8 Å². The Morgan fingerprint density at radius 3 is 2.60 bits per heavy atom. The summed E-state index contributed by atoms with van der Waals surface area (Å²) in [5.41, 5.74) is 2.03. The molecule has 252 valence electrons. The molecular weight excluding hydrogens is 658 g/mol. The number of halogens is 6. The molecule has 4 aromatic rings. The molecule has 0 radical (unpaired) electrons. The Balaban J connectivity index is 1.34. The van der Waals surface area contributed by atoms with Gasteiger partial charge in [-0.2, -0.15) is 28.4 Å². The van der Waals surface area contributed by atoms with Gasteiger partial charge in [0.05, 0.1) is 27.5 Å². The summed E-state index contributed by atoms with van der Waals surface area (Å²) in [6.45, 7) is 1.56. The minimum atomic E-state index is -5.08. The number of nitrogen functional groups attached to an aromatic ring is 1. The number of aliphatic hydroxyl groups excluding tert-OH is 1. The standard InChI is InChI=1S/C33H30F6N6O2S/c34-17-9-32(6-1-7-45(32)13-17)14-47-31-42-26-19(30(43-31)44-11-15-2-3-16(12-44)27(15)46)8-21(33(37,38)39)24(25(26)36)18-4-5-22(35)28-23(18)20(10-40)29(41)48-28/h4-5,8,15-17,27,46H,1-3,6-7,9,11-14,41H2/t15?,16?,17-,27?,32+/m1/s1. The SMILES string of the molecule is N#Cc1c(N)sc2c(F)ccc(-c3c(C(F)(F)F)cc4c(N5CC6CCC(C5)C6O)nc(OC[C@@]56CCCN5C[C@H](F)C6)nc4c3F)c12. The van der Waals surface area contributed by atoms with Crippen LogP contribution in [0.1, 0.15) is 43.2 Å². The number of alkyl halides is 4. The maximum Gasteiger partial charge on any atom is 0.417 e. The van der Waals surface area contributed by atoms with Crippen molar-refractivity contribution in [2.75, 3.05) is 43.4 Å². The number of benzene rings is 2. The largest absolute Gasteiger partial charge is 0.461 e. The average molecular weight is 689 g/mol. The third-order valence-electron chi connectivity index (χ3n) is 10.7. The van der Waals surface area contributed by atoms with Crippen LogP contribution in [-0.2, 0) is 6.18 Å². The highest BCUT2D eigenvalue weighted by atomic mass is 32.1. The number of aromatic nitrogens is 2. The van der Waals surface area contributed by atoms with Gasteiger partial charge in [0.15, 0.2) is 5.82 Å². The Kier molecular flexibility index (Phi) is 7.25. The maximum absolute atomic E-state index is 17.0. The van der Waals surface area contributed by atoms with Gasteiger partial charge in [0, 0.05) is 54.2 Å². The summed E-state index contributed by atoms with van der Waals surface area (Å²) < 4.78 is 97.1. The van der Waals surface area contributed by atoms with E-state index >= 15 is 4.39 Å². The molecule has 4 fully saturated rings. The van der Waals surface area contributed by atoms with Crippen LogP contribution in [-0.4, -0.2) is 70.6 Å². The zero-order chi connectivity index (χ0) is 33.7. The van der Waals surface area contributed by atoms with Crippen LogP contribution in [0.2, 0.25) is 0 Å². The Labute approximate surface area is 274 Å². The van der Waals surface area contributed by atoms with Crippen molar-refractivity contribution in [1.82, 2.24) is 14.9 Å². The van der Waals surface area contributed by atoms with Crippen LogP contribution >= 0.6 is 11.3 Å². The second-order valence-electron chi connectivity index (χ2n) is 13.4. The predicted molar refractivity (Wildman–Crippen MR) is 167 cm³/mol. The summed E-state index contributed by atoms with van der Waals surface area (Å²) in [6.07, 6.45) is -3.43. The minimum absolute atomic E-state index is 0.00966. The number of anilines is 2. The van der Waals surface area contributed by atoms with Gasteiger partial charge in [-0.3, -0.25) is 4.90 Å². The van der Waals surface area contributed by atoms with Crippen LogP contribution in [0.15, 0.2) is 18.2 Å². The highest BCUT2D eigenvalue weighted by molar-refractivity contribution is 7.23. The summed E-state index contributed by atoms with van der Waals surface area (Å²) in [5, 5.41) is 19.9. The van der Waals surface area contributed by atoms with Crippen molar-refractivity contribution in [3.8, 4) is 23.2 Å². The lowest BCUT2D eigenvalue weighted by molar-refractivity contribution is -0.137. The van der Waals surface area contributed by atoms with Gasteiger partial charge in [0.25, 0.3) is 0 Å². The fraction of sp³-hybridized carbons (Fsp3) is 0.485. The number of thiophene rings is 1. The third kappa shape index (κ3) is 4.78. The molecule has 2 unspecified atom stereocenters. The predicted octanol–water partition coefficient (Wildman–Crippen LogP) is 6.42. The normalized spacial score (nSPS) is 27.2. The van der Waals surface area contributed by atoms with Gasteiger partial charge in [-0.15, -0.1) is 11.3 Å². The molecule has 3 N–H and O–H groups in total. The molecule has 1 saturated carbocycles. The third-order valence-corrected chi connectivity index (χ3v) is 11.7. The zero-order valence-corrected chi connectivity index (χ0v) is 26.3. The van der Waals surface area contributed by atoms with E-state index in [2.05, 4.69) is 9.97 Å². The van der Waals surface area contributed by atoms with Crippen molar-refractivity contribution in [2.24, 2.45) is 11.8 Å². The molecule has 5 heterocycles. The summed E-state index contributed by atoms with van der Waals surface area (Å²) in [7, 11) is 0. The molecule has 3 saturated heterocycles. The number of hydrogen-bond acceptors (Lipinski definition) is 9. The lowest BCUT2D eigenvalue weighted by Gasteiger charge is -2.37. The summed E-state index contributed by atoms with van der Waals surface area (Å²) in [6, 6.07) is 4.27. The second-order valence-corrected chi connectivity index (χ2v) is 14.5. The van der Waals surface area contributed by atoms with Crippen molar-refractivity contribution in [3.63, 3.8) is 0 Å². The Morgan fingerprint density at radius 2 is 1.90 bits per heavy atom. The highest BCUT2D eigenvalue weighted by Gasteiger charge is 2.50. The van der Waals surface area contributed by atoms with Crippen molar-refractivity contribution >= 4 is 43.1 Å². The van der Waals surface area contributed by atoms with Crippen molar-refractivity contribution in [1.29, 1.82) is 5.26 Å². The van der Waals surface area contributed by atoms with Crippen LogP contribution in [0.3, 0.4) is 0 Å². The highest BCUT2D eigenvalue weighted by Crippen LogP contribution is 2.49. The van der Waals surface area contributed by atoms with Crippen LogP contribution < -0.4 is 15.4 Å². The van der Waals surface area contributed by atoms with E-state index in [1.165, 1.54) is 0 Å². The number of rotatable bonds is 5. The molecular formula is C33H30F6N6O2S. The number of ether oxygens (including phenoxy) is 1. The van der Waals surface area contributed by atoms with Crippen molar-refractivity contribution in [2.45, 2.75) is 56.1 Å². The Bertz CT molecular complexity index is 2000. The number of fused-ring (bicyclic) bond motifs is 5. The first-order valence-corrected chi connectivity index (χ1v) is 16.7. The van der Waals surface area contributed by atoms with E-state index < -0.39 is 52.3 Å². The van der Waals surface area contributed by atoms with Crippen LogP contribution in [0.5, 0.6) is 6.01 Å². The van der Waals surface area contributed by atoms with E-state index in [0.29, 0.717) is 24.3 Å². The Hall–Kier alpha value is -3.87. The van der Waals surface area contributed by atoms with Gasteiger partial charge >= 0.3 is 12.2 Å². The van der Waals surface area contributed by atoms with Gasteiger partial charge in [-0.25, -0.2) is 13.2 Å². The van der Waals surface area contributed by atoms with Gasteiger partial charge in [-0.1, -0.05) is 6.07 Å². The number of hydrogen-bond donors (Lipinski definition) is 2. The monoisotopic (exact) mass is 688 g/mol. The molecule has 8 rings (SSSR count). The molecule has 4 atom stereocenters. The van der Waals surface area contributed by atoms with E-state index in [4.69, 9.17) is 10.5 Å². The molecule has 2 bridgehead atoms. The number of nitrogens with two attached hydrogens (primary N) is 1. The first-order valence-electron chi connectivity index (χ1n) is 15.9. The molecule has 1 aliphatic carbocycles. The van der Waals surface area contributed by atoms with E-state index in [-0.39, 0.29) is 87.9 Å². The molecule has 2 aromatic carbocycles. The van der Waals surface area contributed by atoms with Crippen molar-refractivity contribution < 1.29 is 36.2 Å². The molecule has 3 aliphatic heterocycles. The fourth-order valence-electron chi connectivity index (χ4n) is 8.51. The first kappa shape index (κ1) is 31.4. The molecule has 0 amide bonds.